The first-order valence-electron chi connectivity index (χ1n) is 9.15. The molecule has 0 saturated carbocycles. The van der Waals surface area contributed by atoms with E-state index in [0.29, 0.717) is 24.7 Å². The summed E-state index contributed by atoms with van der Waals surface area (Å²) < 4.78 is 5.31. The van der Waals surface area contributed by atoms with Crippen LogP contribution in [0, 0.1) is 6.92 Å². The van der Waals surface area contributed by atoms with E-state index in [1.54, 1.807) is 6.07 Å². The number of amides is 1. The smallest absolute Gasteiger partial charge is 0.272 e. The Labute approximate surface area is 158 Å². The fourth-order valence-electron chi connectivity index (χ4n) is 3.04. The first-order chi connectivity index (χ1) is 12.6. The minimum Gasteiger partial charge on any atom is -0.381 e. The highest BCUT2D eigenvalue weighted by molar-refractivity contribution is 7.12. The van der Waals surface area contributed by atoms with Gasteiger partial charge in [0, 0.05) is 29.0 Å². The van der Waals surface area contributed by atoms with Gasteiger partial charge in [-0.3, -0.25) is 4.79 Å². The van der Waals surface area contributed by atoms with E-state index in [9.17, 15) is 4.79 Å². The van der Waals surface area contributed by atoms with Crippen molar-refractivity contribution in [2.24, 2.45) is 0 Å². The summed E-state index contributed by atoms with van der Waals surface area (Å²) in [7, 11) is 0. The number of thiophene rings is 1. The number of hydrogen-bond acceptors (Lipinski definition) is 6. The molecule has 1 unspecified atom stereocenters. The molecule has 7 heteroatoms. The molecule has 0 aliphatic carbocycles. The van der Waals surface area contributed by atoms with Crippen LogP contribution in [0.15, 0.2) is 18.2 Å². The molecule has 2 aromatic heterocycles. The maximum atomic E-state index is 12.3. The zero-order valence-electron chi connectivity index (χ0n) is 15.5. The molecule has 0 radical (unpaired) electrons. The number of carbonyl (C=O) groups is 1. The summed E-state index contributed by atoms with van der Waals surface area (Å²) >= 11 is 1.83. The molecule has 2 aromatic rings. The summed E-state index contributed by atoms with van der Waals surface area (Å²) in [6.07, 6.45) is 2.74. The van der Waals surface area contributed by atoms with E-state index in [1.165, 1.54) is 15.3 Å². The lowest BCUT2D eigenvalue weighted by Gasteiger charge is -2.22. The largest absolute Gasteiger partial charge is 0.381 e. The molecule has 1 amide bonds. The molecule has 3 heterocycles. The van der Waals surface area contributed by atoms with Crippen LogP contribution in [0.4, 0.5) is 5.82 Å². The quantitative estimate of drug-likeness (QED) is 0.809. The Balaban J connectivity index is 1.58. The second-order valence-electron chi connectivity index (χ2n) is 6.64. The van der Waals surface area contributed by atoms with E-state index in [1.807, 2.05) is 17.4 Å². The monoisotopic (exact) mass is 374 g/mol. The third kappa shape index (κ3) is 4.59. The molecule has 26 heavy (non-hydrogen) atoms. The van der Waals surface area contributed by atoms with E-state index in [-0.39, 0.29) is 18.0 Å². The van der Waals surface area contributed by atoms with Crippen LogP contribution >= 0.6 is 11.3 Å². The molecule has 1 saturated heterocycles. The Morgan fingerprint density at radius 2 is 2.12 bits per heavy atom. The molecular formula is C19H26N4O2S. The van der Waals surface area contributed by atoms with Crippen molar-refractivity contribution in [1.82, 2.24) is 15.5 Å². The molecule has 2 N–H and O–H groups in total. The van der Waals surface area contributed by atoms with Crippen molar-refractivity contribution in [3.63, 3.8) is 0 Å². The van der Waals surface area contributed by atoms with Crippen molar-refractivity contribution < 1.29 is 9.53 Å². The number of ether oxygens (including phenoxy) is 1. The van der Waals surface area contributed by atoms with E-state index in [0.717, 1.165) is 19.3 Å². The highest BCUT2D eigenvalue weighted by Crippen LogP contribution is 2.29. The lowest BCUT2D eigenvalue weighted by molar-refractivity contribution is 0.0693. The first kappa shape index (κ1) is 18.8. The van der Waals surface area contributed by atoms with E-state index < -0.39 is 0 Å². The molecule has 6 nitrogen and oxygen atoms in total. The van der Waals surface area contributed by atoms with Gasteiger partial charge in [-0.05, 0) is 56.9 Å². The zero-order valence-corrected chi connectivity index (χ0v) is 16.4. The van der Waals surface area contributed by atoms with Crippen LogP contribution < -0.4 is 10.6 Å². The Kier molecular flexibility index (Phi) is 6.21. The van der Waals surface area contributed by atoms with Crippen LogP contribution in [0.2, 0.25) is 0 Å². The third-order valence-electron chi connectivity index (χ3n) is 4.61. The number of carbonyl (C=O) groups excluding carboxylic acids is 1. The van der Waals surface area contributed by atoms with Crippen LogP contribution in [0.25, 0.3) is 0 Å². The lowest BCUT2D eigenvalue weighted by Crippen LogP contribution is -2.39. The van der Waals surface area contributed by atoms with Crippen molar-refractivity contribution in [3.8, 4) is 0 Å². The lowest BCUT2D eigenvalue weighted by atomic mass is 10.1. The first-order valence-corrected chi connectivity index (χ1v) is 9.96. The summed E-state index contributed by atoms with van der Waals surface area (Å²) in [4.78, 5) is 15.0. The molecule has 0 aromatic carbocycles. The van der Waals surface area contributed by atoms with Gasteiger partial charge in [-0.1, -0.05) is 6.92 Å². The average molecular weight is 375 g/mol. The van der Waals surface area contributed by atoms with Crippen LogP contribution in [0.5, 0.6) is 0 Å². The highest BCUT2D eigenvalue weighted by atomic mass is 32.1. The fraction of sp³-hybridized carbons (Fsp3) is 0.526. The fourth-order valence-corrected chi connectivity index (χ4v) is 4.16. The van der Waals surface area contributed by atoms with Gasteiger partial charge < -0.3 is 15.4 Å². The van der Waals surface area contributed by atoms with Crippen molar-refractivity contribution in [3.05, 3.63) is 39.2 Å². The molecule has 3 rings (SSSR count). The van der Waals surface area contributed by atoms with Gasteiger partial charge in [0.05, 0.1) is 6.04 Å². The van der Waals surface area contributed by atoms with E-state index in [2.05, 4.69) is 47.7 Å². The minimum atomic E-state index is -0.175. The molecule has 1 fully saturated rings. The van der Waals surface area contributed by atoms with E-state index >= 15 is 0 Å². The zero-order chi connectivity index (χ0) is 18.5. The molecular weight excluding hydrogens is 348 g/mol. The number of anilines is 1. The van der Waals surface area contributed by atoms with Crippen molar-refractivity contribution in [2.75, 3.05) is 18.5 Å². The van der Waals surface area contributed by atoms with Gasteiger partial charge in [0.15, 0.2) is 5.69 Å². The molecule has 0 bridgehead atoms. The number of nitrogens with zero attached hydrogens (tertiary/aromatic N) is 2. The van der Waals surface area contributed by atoms with E-state index in [4.69, 9.17) is 4.74 Å². The van der Waals surface area contributed by atoms with Crippen molar-refractivity contribution in [2.45, 2.75) is 52.1 Å². The molecule has 1 aliphatic heterocycles. The van der Waals surface area contributed by atoms with Crippen LogP contribution in [0.1, 0.15) is 58.5 Å². The van der Waals surface area contributed by atoms with Crippen LogP contribution in [-0.4, -0.2) is 35.4 Å². The topological polar surface area (TPSA) is 76.1 Å². The minimum absolute atomic E-state index is 0.148. The second kappa shape index (κ2) is 8.60. The number of aromatic nitrogens is 2. The second-order valence-corrected chi connectivity index (χ2v) is 7.81. The van der Waals surface area contributed by atoms with Crippen LogP contribution in [0.3, 0.4) is 0 Å². The molecule has 1 atom stereocenters. The predicted octanol–water partition coefficient (Wildman–Crippen LogP) is 3.49. The van der Waals surface area contributed by atoms with Crippen LogP contribution in [-0.2, 0) is 11.2 Å². The summed E-state index contributed by atoms with van der Waals surface area (Å²) in [5.74, 6) is 0.495. The SMILES string of the molecule is CCc1sc(C(C)Nc2ccc(C(=O)NC3CCOCC3)nn2)cc1C. The molecule has 1 aliphatic rings. The summed E-state index contributed by atoms with van der Waals surface area (Å²) in [5, 5.41) is 14.6. The molecule has 140 valence electrons. The normalized spacial score (nSPS) is 16.3. The van der Waals surface area contributed by atoms with Gasteiger partial charge >= 0.3 is 0 Å². The van der Waals surface area contributed by atoms with Crippen molar-refractivity contribution in [1.29, 1.82) is 0 Å². The maximum Gasteiger partial charge on any atom is 0.272 e. The Morgan fingerprint density at radius 3 is 2.73 bits per heavy atom. The summed E-state index contributed by atoms with van der Waals surface area (Å²) in [5.41, 5.74) is 1.68. The third-order valence-corrected chi connectivity index (χ3v) is 6.17. The van der Waals surface area contributed by atoms with Gasteiger partial charge in [0.25, 0.3) is 5.91 Å². The Morgan fingerprint density at radius 1 is 1.35 bits per heavy atom. The predicted molar refractivity (Wildman–Crippen MR) is 104 cm³/mol. The number of aryl methyl sites for hydroxylation is 2. The Hall–Kier alpha value is -1.99. The van der Waals surface area contributed by atoms with Gasteiger partial charge in [-0.25, -0.2) is 0 Å². The van der Waals surface area contributed by atoms with Gasteiger partial charge in [0.1, 0.15) is 5.82 Å². The number of rotatable bonds is 6. The Bertz CT molecular complexity index is 738. The van der Waals surface area contributed by atoms with Gasteiger partial charge in [-0.2, -0.15) is 0 Å². The van der Waals surface area contributed by atoms with Crippen molar-refractivity contribution >= 4 is 23.1 Å². The maximum absolute atomic E-state index is 12.3. The number of nitrogens with one attached hydrogen (secondary N) is 2. The highest BCUT2D eigenvalue weighted by Gasteiger charge is 2.18. The van der Waals surface area contributed by atoms with Gasteiger partial charge in [0.2, 0.25) is 0 Å². The summed E-state index contributed by atoms with van der Waals surface area (Å²) in [6.45, 7) is 7.82. The number of hydrogen-bond donors (Lipinski definition) is 2. The summed E-state index contributed by atoms with van der Waals surface area (Å²) in [6, 6.07) is 6.06. The average Bonchev–Trinajstić information content (AvgIpc) is 3.04. The molecule has 0 spiro atoms. The standard InChI is InChI=1S/C19H26N4O2S/c1-4-16-12(2)11-17(26-16)13(3)20-18-6-5-15(22-23-18)19(24)21-14-7-9-25-10-8-14/h5-6,11,13-14H,4,7-10H2,1-3H3,(H,20,23)(H,21,24). The van der Waals surface area contributed by atoms with Gasteiger partial charge in [-0.15, -0.1) is 21.5 Å².